The number of allylic oxidation sites excluding steroid dienone is 2. The summed E-state index contributed by atoms with van der Waals surface area (Å²) < 4.78 is 37.9. The third-order valence-corrected chi connectivity index (χ3v) is 7.43. The first-order chi connectivity index (χ1) is 14.5. The van der Waals surface area contributed by atoms with Crippen LogP contribution in [0.15, 0.2) is 36.4 Å². The van der Waals surface area contributed by atoms with Gasteiger partial charge in [-0.15, -0.1) is 0 Å². The van der Waals surface area contributed by atoms with E-state index >= 15 is 0 Å². The second-order valence-electron chi connectivity index (χ2n) is 9.38. The monoisotopic (exact) mass is 417 g/mol. The molecule has 0 unspecified atom stereocenters. The Kier molecular flexibility index (Phi) is 8.42. The fraction of sp³-hybridized carbons (Fsp3) is 0.654. The molecule has 0 heterocycles. The Morgan fingerprint density at radius 3 is 2.03 bits per heavy atom. The second-order valence-corrected chi connectivity index (χ2v) is 9.38. The molecule has 0 aliphatic heterocycles. The van der Waals surface area contributed by atoms with Crippen molar-refractivity contribution >= 4 is 0 Å². The van der Waals surface area contributed by atoms with E-state index in [9.17, 15) is 13.2 Å². The van der Waals surface area contributed by atoms with Crippen molar-refractivity contribution in [3.63, 3.8) is 0 Å². The van der Waals surface area contributed by atoms with Crippen LogP contribution in [0, 0.1) is 35.0 Å². The van der Waals surface area contributed by atoms with E-state index in [0.29, 0.717) is 5.92 Å². The molecule has 0 bridgehead atoms. The summed E-state index contributed by atoms with van der Waals surface area (Å²) in [6, 6.07) is 7.76. The first kappa shape index (κ1) is 22.9. The topological polar surface area (TPSA) is 23.8 Å². The van der Waals surface area contributed by atoms with Gasteiger partial charge in [-0.1, -0.05) is 43.9 Å². The van der Waals surface area contributed by atoms with Crippen LogP contribution in [0.2, 0.25) is 0 Å². The van der Waals surface area contributed by atoms with Crippen LogP contribution in [-0.2, 0) is 12.6 Å². The third kappa shape index (κ3) is 6.89. The fourth-order valence-corrected chi connectivity index (χ4v) is 5.56. The van der Waals surface area contributed by atoms with Crippen molar-refractivity contribution < 1.29 is 13.2 Å². The maximum atomic E-state index is 12.6. The van der Waals surface area contributed by atoms with Gasteiger partial charge in [0, 0.05) is 6.08 Å². The summed E-state index contributed by atoms with van der Waals surface area (Å²) >= 11 is 0. The first-order valence-electron chi connectivity index (χ1n) is 11.7. The number of nitriles is 1. The van der Waals surface area contributed by atoms with Gasteiger partial charge in [0.25, 0.3) is 0 Å². The van der Waals surface area contributed by atoms with Crippen molar-refractivity contribution in [2.24, 2.45) is 23.7 Å². The number of unbranched alkanes of at least 4 members (excludes halogenated alkanes) is 1. The van der Waals surface area contributed by atoms with Crippen LogP contribution in [0.5, 0.6) is 0 Å². The molecule has 0 atom stereocenters. The average Bonchev–Trinajstić information content (AvgIpc) is 2.76. The number of rotatable bonds is 7. The van der Waals surface area contributed by atoms with Crippen molar-refractivity contribution in [1.82, 2.24) is 0 Å². The highest BCUT2D eigenvalue weighted by Gasteiger charge is 2.31. The van der Waals surface area contributed by atoms with Crippen LogP contribution in [0.3, 0.4) is 0 Å². The van der Waals surface area contributed by atoms with Gasteiger partial charge in [0.05, 0.1) is 11.6 Å². The highest BCUT2D eigenvalue weighted by Crippen LogP contribution is 2.42. The van der Waals surface area contributed by atoms with Crippen molar-refractivity contribution in [3.05, 3.63) is 47.5 Å². The van der Waals surface area contributed by atoms with Gasteiger partial charge >= 0.3 is 6.18 Å². The summed E-state index contributed by atoms with van der Waals surface area (Å²) in [5.41, 5.74) is 0.446. The molecule has 30 heavy (non-hydrogen) atoms. The summed E-state index contributed by atoms with van der Waals surface area (Å²) in [4.78, 5) is 0. The van der Waals surface area contributed by atoms with Crippen molar-refractivity contribution in [2.75, 3.05) is 0 Å². The zero-order chi connectivity index (χ0) is 21.4. The zero-order valence-corrected chi connectivity index (χ0v) is 17.8. The molecular weight excluding hydrogens is 383 g/mol. The van der Waals surface area contributed by atoms with E-state index in [0.717, 1.165) is 36.2 Å². The minimum atomic E-state index is -4.24. The van der Waals surface area contributed by atoms with Crippen LogP contribution >= 0.6 is 0 Å². The minimum absolute atomic E-state index is 0.560. The lowest BCUT2D eigenvalue weighted by Gasteiger charge is -2.37. The van der Waals surface area contributed by atoms with E-state index in [1.165, 1.54) is 76.3 Å². The predicted octanol–water partition coefficient (Wildman–Crippen LogP) is 8.11. The lowest BCUT2D eigenvalue weighted by molar-refractivity contribution is -0.137. The van der Waals surface area contributed by atoms with Gasteiger partial charge in [0.1, 0.15) is 0 Å². The van der Waals surface area contributed by atoms with Gasteiger partial charge in [0.15, 0.2) is 0 Å². The number of nitrogens with zero attached hydrogens (tertiary/aromatic N) is 1. The summed E-state index contributed by atoms with van der Waals surface area (Å²) in [5, 5.41) is 8.68. The summed E-state index contributed by atoms with van der Waals surface area (Å²) in [5.74, 6) is 3.23. The van der Waals surface area contributed by atoms with E-state index < -0.39 is 11.7 Å². The molecule has 0 amide bonds. The smallest absolute Gasteiger partial charge is 0.193 e. The predicted molar refractivity (Wildman–Crippen MR) is 115 cm³/mol. The molecule has 164 valence electrons. The van der Waals surface area contributed by atoms with Crippen LogP contribution in [0.4, 0.5) is 13.2 Å². The maximum absolute atomic E-state index is 12.6. The molecule has 2 aliphatic carbocycles. The lowest BCUT2D eigenvalue weighted by atomic mass is 9.68. The van der Waals surface area contributed by atoms with E-state index in [4.69, 9.17) is 5.26 Å². The van der Waals surface area contributed by atoms with E-state index in [2.05, 4.69) is 12.1 Å². The summed E-state index contributed by atoms with van der Waals surface area (Å²) in [7, 11) is 0. The number of benzene rings is 1. The minimum Gasteiger partial charge on any atom is -0.193 e. The highest BCUT2D eigenvalue weighted by molar-refractivity contribution is 5.24. The Morgan fingerprint density at radius 2 is 1.47 bits per heavy atom. The third-order valence-electron chi connectivity index (χ3n) is 7.43. The molecule has 0 spiro atoms. The van der Waals surface area contributed by atoms with Crippen molar-refractivity contribution in [1.29, 1.82) is 5.26 Å². The Bertz CT molecular complexity index is 697. The average molecular weight is 418 g/mol. The number of hydrogen-bond donors (Lipinski definition) is 0. The van der Waals surface area contributed by atoms with Gasteiger partial charge in [-0.3, -0.25) is 0 Å². The van der Waals surface area contributed by atoms with Crippen molar-refractivity contribution in [2.45, 2.75) is 83.2 Å². The standard InChI is InChI=1S/C26H34F3N/c27-26(28,29)25-17-11-21(12-18-25)5-2-1-4-20-7-13-23(14-8-20)24-15-9-22(10-16-24)6-3-19-30/h3,6,11-12,17-18,20,22-24H,1-2,4-5,7-10,13-16H2. The maximum Gasteiger partial charge on any atom is 0.416 e. The molecule has 1 aromatic rings. The second kappa shape index (κ2) is 11.0. The Hall–Kier alpha value is -1.76. The van der Waals surface area contributed by atoms with Crippen LogP contribution in [-0.4, -0.2) is 0 Å². The van der Waals surface area contributed by atoms with Crippen molar-refractivity contribution in [3.8, 4) is 6.07 Å². The van der Waals surface area contributed by atoms with Crippen LogP contribution in [0.1, 0.15) is 81.8 Å². The van der Waals surface area contributed by atoms with E-state index in [1.807, 2.05) is 0 Å². The highest BCUT2D eigenvalue weighted by atomic mass is 19.4. The van der Waals surface area contributed by atoms with Gasteiger partial charge in [0.2, 0.25) is 0 Å². The lowest BCUT2D eigenvalue weighted by Crippen LogP contribution is -2.25. The normalized spacial score (nSPS) is 27.8. The number of alkyl halides is 3. The van der Waals surface area contributed by atoms with E-state index in [-0.39, 0.29) is 0 Å². The SMILES string of the molecule is N#CC=CC1CCC(C2CCC(CCCCc3ccc(C(F)(F)F)cc3)CC2)CC1. The molecule has 0 radical (unpaired) electrons. The Balaban J connectivity index is 1.29. The largest absolute Gasteiger partial charge is 0.416 e. The van der Waals surface area contributed by atoms with Gasteiger partial charge < -0.3 is 0 Å². The molecule has 2 saturated carbocycles. The quantitative estimate of drug-likeness (QED) is 0.325. The molecule has 0 N–H and O–H groups in total. The van der Waals surface area contributed by atoms with Gasteiger partial charge in [-0.25, -0.2) is 0 Å². The zero-order valence-electron chi connectivity index (χ0n) is 17.8. The molecule has 1 aromatic carbocycles. The fourth-order valence-electron chi connectivity index (χ4n) is 5.56. The molecule has 0 aromatic heterocycles. The number of hydrogen-bond acceptors (Lipinski definition) is 1. The molecule has 2 aliphatic rings. The number of halogens is 3. The Labute approximate surface area is 179 Å². The van der Waals surface area contributed by atoms with Crippen LogP contribution < -0.4 is 0 Å². The molecule has 2 fully saturated rings. The van der Waals surface area contributed by atoms with Crippen LogP contribution in [0.25, 0.3) is 0 Å². The molecular formula is C26H34F3N. The van der Waals surface area contributed by atoms with E-state index in [1.54, 1.807) is 18.2 Å². The molecule has 3 rings (SSSR count). The molecule has 1 nitrogen and oxygen atoms in total. The van der Waals surface area contributed by atoms with Gasteiger partial charge in [-0.2, -0.15) is 18.4 Å². The number of aryl methyl sites for hydroxylation is 1. The summed E-state index contributed by atoms with van der Waals surface area (Å²) in [6.45, 7) is 0. The molecule has 0 saturated heterocycles. The first-order valence-corrected chi connectivity index (χ1v) is 11.7. The van der Waals surface area contributed by atoms with Gasteiger partial charge in [-0.05, 0) is 92.7 Å². The summed E-state index contributed by atoms with van der Waals surface area (Å²) in [6.07, 6.45) is 14.4. The molecule has 4 heteroatoms. The Morgan fingerprint density at radius 1 is 0.867 bits per heavy atom.